The summed E-state index contributed by atoms with van der Waals surface area (Å²) in [5, 5.41) is 15.7. The number of rotatable bonds is 9. The van der Waals surface area contributed by atoms with E-state index in [1.165, 1.54) is 19.2 Å². The van der Waals surface area contributed by atoms with E-state index in [1.54, 1.807) is 30.3 Å². The highest BCUT2D eigenvalue weighted by atomic mass is 19.1. The highest BCUT2D eigenvalue weighted by Crippen LogP contribution is 2.28. The minimum Gasteiger partial charge on any atom is -0.497 e. The number of aliphatic hydroxyl groups excluding tert-OH is 1. The van der Waals surface area contributed by atoms with Crippen molar-refractivity contribution in [3.8, 4) is 5.75 Å². The molecule has 2 aromatic rings. The first kappa shape index (κ1) is 25.5. The molecule has 3 rings (SSSR count). The van der Waals surface area contributed by atoms with Gasteiger partial charge < -0.3 is 25.4 Å². The molecular weight excluding hydrogens is 437 g/mol. The monoisotopic (exact) mass is 471 g/mol. The second-order valence-electron chi connectivity index (χ2n) is 9.88. The van der Waals surface area contributed by atoms with Crippen molar-refractivity contribution in [2.75, 3.05) is 31.7 Å². The maximum absolute atomic E-state index is 13.5. The van der Waals surface area contributed by atoms with E-state index < -0.39 is 12.1 Å². The van der Waals surface area contributed by atoms with E-state index in [0.717, 1.165) is 11.3 Å². The number of nitrogens with one attached hydrogen (secondary N) is 2. The number of anilines is 1. The largest absolute Gasteiger partial charge is 0.497 e. The molecule has 2 aromatic carbocycles. The van der Waals surface area contributed by atoms with E-state index in [9.17, 15) is 19.1 Å². The number of methoxy groups -OCH3 is 1. The van der Waals surface area contributed by atoms with Gasteiger partial charge in [-0.3, -0.25) is 9.59 Å². The van der Waals surface area contributed by atoms with Gasteiger partial charge in [-0.1, -0.05) is 26.8 Å². The third kappa shape index (κ3) is 6.70. The van der Waals surface area contributed by atoms with Gasteiger partial charge in [-0.25, -0.2) is 4.39 Å². The first-order valence-corrected chi connectivity index (χ1v) is 11.5. The Morgan fingerprint density at radius 2 is 1.94 bits per heavy atom. The second-order valence-corrected chi connectivity index (χ2v) is 9.88. The number of hydrogen-bond acceptors (Lipinski definition) is 5. The van der Waals surface area contributed by atoms with Crippen molar-refractivity contribution in [2.45, 2.75) is 45.7 Å². The molecule has 1 heterocycles. The molecule has 3 N–H and O–H groups in total. The molecule has 1 aliphatic heterocycles. The molecule has 0 aromatic heterocycles. The third-order valence-electron chi connectivity index (χ3n) is 5.81. The van der Waals surface area contributed by atoms with Crippen LogP contribution < -0.4 is 20.3 Å². The lowest BCUT2D eigenvalue weighted by molar-refractivity contribution is -0.124. The first-order chi connectivity index (χ1) is 16.1. The lowest BCUT2D eigenvalue weighted by atomic mass is 9.87. The van der Waals surface area contributed by atoms with Gasteiger partial charge in [-0.15, -0.1) is 0 Å². The van der Waals surface area contributed by atoms with Gasteiger partial charge in [0.2, 0.25) is 5.91 Å². The number of benzene rings is 2. The normalized spacial score (nSPS) is 14.8. The molecule has 1 aliphatic rings. The molecule has 0 radical (unpaired) electrons. The summed E-state index contributed by atoms with van der Waals surface area (Å²) in [7, 11) is 1.52. The minimum absolute atomic E-state index is 0.226. The minimum atomic E-state index is -0.785. The van der Waals surface area contributed by atoms with E-state index in [1.807, 2.05) is 25.7 Å². The van der Waals surface area contributed by atoms with Crippen molar-refractivity contribution < 1.29 is 23.8 Å². The molecular formula is C26H34FN3O4. The van der Waals surface area contributed by atoms with E-state index in [0.29, 0.717) is 37.2 Å². The molecule has 0 bridgehead atoms. The van der Waals surface area contributed by atoms with Crippen LogP contribution in [0.2, 0.25) is 0 Å². The Hall–Kier alpha value is -3.13. The fraction of sp³-hybridized carbons (Fsp3) is 0.462. The Bertz CT molecular complexity index is 1020. The summed E-state index contributed by atoms with van der Waals surface area (Å²) in [5.41, 5.74) is 1.99. The summed E-state index contributed by atoms with van der Waals surface area (Å²) >= 11 is 0. The number of carbonyl (C=O) groups is 2. The van der Waals surface area contributed by atoms with Crippen LogP contribution in [0.25, 0.3) is 0 Å². The van der Waals surface area contributed by atoms with Crippen molar-refractivity contribution in [3.63, 3.8) is 0 Å². The molecule has 8 heteroatoms. The van der Waals surface area contributed by atoms with Crippen LogP contribution in [0.15, 0.2) is 42.5 Å². The molecule has 0 unspecified atom stereocenters. The lowest BCUT2D eigenvalue weighted by Crippen LogP contribution is -2.54. The fourth-order valence-electron chi connectivity index (χ4n) is 4.17. The summed E-state index contributed by atoms with van der Waals surface area (Å²) in [6.45, 7) is 6.79. The summed E-state index contributed by atoms with van der Waals surface area (Å²) in [6, 6.07) is 10.1. The van der Waals surface area contributed by atoms with Crippen molar-refractivity contribution in [2.24, 2.45) is 5.41 Å². The topological polar surface area (TPSA) is 90.9 Å². The van der Waals surface area contributed by atoms with Crippen LogP contribution in [-0.4, -0.2) is 55.8 Å². The third-order valence-corrected chi connectivity index (χ3v) is 5.81. The zero-order chi connectivity index (χ0) is 24.9. The van der Waals surface area contributed by atoms with E-state index in [-0.39, 0.29) is 29.7 Å². The maximum Gasteiger partial charge on any atom is 0.252 e. The quantitative estimate of drug-likeness (QED) is 0.523. The van der Waals surface area contributed by atoms with Gasteiger partial charge in [0, 0.05) is 24.3 Å². The smallest absolute Gasteiger partial charge is 0.252 e. The molecule has 184 valence electrons. The van der Waals surface area contributed by atoms with Gasteiger partial charge in [0.05, 0.1) is 19.8 Å². The molecule has 2 atom stereocenters. The molecule has 0 saturated carbocycles. The molecule has 0 spiro atoms. The number of halogens is 1. The van der Waals surface area contributed by atoms with Crippen LogP contribution in [0.3, 0.4) is 0 Å². The lowest BCUT2D eigenvalue weighted by Gasteiger charge is -2.30. The van der Waals surface area contributed by atoms with E-state index in [2.05, 4.69) is 10.6 Å². The predicted molar refractivity (Wildman–Crippen MR) is 130 cm³/mol. The Kier molecular flexibility index (Phi) is 8.15. The van der Waals surface area contributed by atoms with Crippen LogP contribution in [0.4, 0.5) is 10.1 Å². The molecule has 7 nitrogen and oxygen atoms in total. The zero-order valence-electron chi connectivity index (χ0n) is 20.2. The Balaban J connectivity index is 1.69. The van der Waals surface area contributed by atoms with Crippen molar-refractivity contribution in [1.82, 2.24) is 10.6 Å². The number of fused-ring (bicyclic) bond motifs is 1. The van der Waals surface area contributed by atoms with Gasteiger partial charge in [0.1, 0.15) is 17.6 Å². The summed E-state index contributed by atoms with van der Waals surface area (Å²) in [5.74, 6) is -0.455. The van der Waals surface area contributed by atoms with Crippen molar-refractivity contribution in [3.05, 3.63) is 59.4 Å². The Morgan fingerprint density at radius 1 is 1.18 bits per heavy atom. The standard InChI is InChI=1S/C26H34FN3O4/c1-26(2,3)14-22(29-24(32)18-6-5-7-21(13-18)34-4)25(33)28-20(16-31)15-30-11-10-17-12-19(27)8-9-23(17)30/h5-9,12-13,20,22,31H,10-11,14-16H2,1-4H3,(H,28,33)(H,29,32)/t20-,22+/m1/s1. The number of ether oxygens (including phenoxy) is 1. The predicted octanol–water partition coefficient (Wildman–Crippen LogP) is 2.91. The maximum atomic E-state index is 13.5. The second kappa shape index (κ2) is 10.9. The van der Waals surface area contributed by atoms with Crippen LogP contribution in [0.1, 0.15) is 43.1 Å². The summed E-state index contributed by atoms with van der Waals surface area (Å²) in [6.07, 6.45) is 1.13. The zero-order valence-corrected chi connectivity index (χ0v) is 20.2. The number of amides is 2. The van der Waals surface area contributed by atoms with Crippen molar-refractivity contribution in [1.29, 1.82) is 0 Å². The van der Waals surface area contributed by atoms with E-state index in [4.69, 9.17) is 4.74 Å². The van der Waals surface area contributed by atoms with E-state index >= 15 is 0 Å². The van der Waals surface area contributed by atoms with Gasteiger partial charge in [0.15, 0.2) is 0 Å². The fourth-order valence-corrected chi connectivity index (χ4v) is 4.17. The molecule has 0 saturated heterocycles. The highest BCUT2D eigenvalue weighted by Gasteiger charge is 2.30. The van der Waals surface area contributed by atoms with Crippen LogP contribution >= 0.6 is 0 Å². The Morgan fingerprint density at radius 3 is 2.62 bits per heavy atom. The summed E-state index contributed by atoms with van der Waals surface area (Å²) < 4.78 is 18.7. The molecule has 34 heavy (non-hydrogen) atoms. The molecule has 0 fully saturated rings. The number of hydrogen-bond donors (Lipinski definition) is 3. The van der Waals surface area contributed by atoms with Gasteiger partial charge >= 0.3 is 0 Å². The molecule has 2 amide bonds. The Labute approximate surface area is 200 Å². The highest BCUT2D eigenvalue weighted by molar-refractivity contribution is 5.97. The van der Waals surface area contributed by atoms with Gasteiger partial charge in [-0.05, 0) is 60.2 Å². The average molecular weight is 472 g/mol. The summed E-state index contributed by atoms with van der Waals surface area (Å²) in [4.78, 5) is 28.1. The van der Waals surface area contributed by atoms with Crippen molar-refractivity contribution >= 4 is 17.5 Å². The number of nitrogens with zero attached hydrogens (tertiary/aromatic N) is 1. The number of aliphatic hydroxyl groups is 1. The first-order valence-electron chi connectivity index (χ1n) is 11.5. The average Bonchev–Trinajstić information content (AvgIpc) is 3.18. The van der Waals surface area contributed by atoms with Gasteiger partial charge in [-0.2, -0.15) is 0 Å². The number of carbonyl (C=O) groups excluding carboxylic acids is 2. The molecule has 0 aliphatic carbocycles. The van der Waals surface area contributed by atoms with Crippen LogP contribution in [0.5, 0.6) is 5.75 Å². The van der Waals surface area contributed by atoms with Crippen LogP contribution in [-0.2, 0) is 11.2 Å². The van der Waals surface area contributed by atoms with Crippen LogP contribution in [0, 0.1) is 11.2 Å². The SMILES string of the molecule is COc1cccc(C(=O)N[C@@H](CC(C)(C)C)C(=O)N[C@@H](CO)CN2CCc3cc(F)ccc32)c1. The van der Waals surface area contributed by atoms with Gasteiger partial charge in [0.25, 0.3) is 5.91 Å².